The SMILES string of the molecule is CCn1cc(-c2nccs2)c(=O)c2cc(NC3Cc4ccccc4C3)ncc21. The van der Waals surface area contributed by atoms with E-state index in [0.717, 1.165) is 35.7 Å². The Bertz CT molecular complexity index is 1190. The highest BCUT2D eigenvalue weighted by molar-refractivity contribution is 7.13. The summed E-state index contributed by atoms with van der Waals surface area (Å²) in [6.07, 6.45) is 7.39. The van der Waals surface area contributed by atoms with Crippen LogP contribution in [-0.4, -0.2) is 20.6 Å². The highest BCUT2D eigenvalue weighted by Crippen LogP contribution is 2.26. The Morgan fingerprint density at radius 1 is 1.21 bits per heavy atom. The number of hydrogen-bond acceptors (Lipinski definition) is 5. The Balaban J connectivity index is 1.54. The number of rotatable bonds is 4. The molecule has 5 nitrogen and oxygen atoms in total. The first kappa shape index (κ1) is 17.1. The second-order valence-corrected chi connectivity index (χ2v) is 7.99. The highest BCUT2D eigenvalue weighted by atomic mass is 32.1. The van der Waals surface area contributed by atoms with Crippen LogP contribution in [0, 0.1) is 0 Å². The molecular formula is C22H20N4OS. The molecule has 0 amide bonds. The van der Waals surface area contributed by atoms with E-state index >= 15 is 0 Å². The minimum Gasteiger partial charge on any atom is -0.367 e. The number of nitrogens with one attached hydrogen (secondary N) is 1. The summed E-state index contributed by atoms with van der Waals surface area (Å²) in [5.41, 5.74) is 4.29. The second kappa shape index (κ2) is 6.87. The molecule has 1 aliphatic rings. The zero-order chi connectivity index (χ0) is 19.1. The Morgan fingerprint density at radius 2 is 2.00 bits per heavy atom. The summed E-state index contributed by atoms with van der Waals surface area (Å²) in [4.78, 5) is 22.1. The van der Waals surface area contributed by atoms with Crippen LogP contribution in [0.25, 0.3) is 21.5 Å². The number of anilines is 1. The number of hydrogen-bond donors (Lipinski definition) is 1. The summed E-state index contributed by atoms with van der Waals surface area (Å²) in [5.74, 6) is 0.751. The lowest BCUT2D eigenvalue weighted by Gasteiger charge is -2.15. The summed E-state index contributed by atoms with van der Waals surface area (Å²) in [6.45, 7) is 2.83. The van der Waals surface area contributed by atoms with Crippen LogP contribution >= 0.6 is 11.3 Å². The van der Waals surface area contributed by atoms with Gasteiger partial charge in [0.05, 0.1) is 22.7 Å². The van der Waals surface area contributed by atoms with Crippen LogP contribution in [0.5, 0.6) is 0 Å². The highest BCUT2D eigenvalue weighted by Gasteiger charge is 2.21. The van der Waals surface area contributed by atoms with Crippen LogP contribution in [0.1, 0.15) is 18.1 Å². The lowest BCUT2D eigenvalue weighted by molar-refractivity contribution is 0.767. The van der Waals surface area contributed by atoms with Gasteiger partial charge in [0.25, 0.3) is 0 Å². The molecule has 0 unspecified atom stereocenters. The van der Waals surface area contributed by atoms with Crippen molar-refractivity contribution in [2.24, 2.45) is 0 Å². The topological polar surface area (TPSA) is 59.8 Å². The van der Waals surface area contributed by atoms with Crippen molar-refractivity contribution in [2.45, 2.75) is 32.4 Å². The van der Waals surface area contributed by atoms with Gasteiger partial charge in [0.2, 0.25) is 0 Å². The van der Waals surface area contributed by atoms with E-state index in [2.05, 4.69) is 51.0 Å². The molecule has 3 heterocycles. The van der Waals surface area contributed by atoms with E-state index in [1.807, 2.05) is 17.6 Å². The molecule has 1 aromatic carbocycles. The molecule has 5 rings (SSSR count). The van der Waals surface area contributed by atoms with Gasteiger partial charge in [-0.15, -0.1) is 11.3 Å². The zero-order valence-electron chi connectivity index (χ0n) is 15.6. The molecule has 1 N–H and O–H groups in total. The van der Waals surface area contributed by atoms with Crippen LogP contribution in [0.15, 0.2) is 59.1 Å². The molecule has 0 aliphatic heterocycles. The van der Waals surface area contributed by atoms with Gasteiger partial charge in [-0.2, -0.15) is 0 Å². The van der Waals surface area contributed by atoms with Gasteiger partial charge < -0.3 is 9.88 Å². The van der Waals surface area contributed by atoms with Crippen molar-refractivity contribution in [1.29, 1.82) is 0 Å². The first-order valence-electron chi connectivity index (χ1n) is 9.49. The lowest BCUT2D eigenvalue weighted by atomic mass is 10.1. The van der Waals surface area contributed by atoms with Gasteiger partial charge in [-0.3, -0.25) is 4.79 Å². The predicted molar refractivity (Wildman–Crippen MR) is 114 cm³/mol. The van der Waals surface area contributed by atoms with Crippen molar-refractivity contribution in [2.75, 3.05) is 5.32 Å². The van der Waals surface area contributed by atoms with Crippen LogP contribution in [0.3, 0.4) is 0 Å². The first-order valence-corrected chi connectivity index (χ1v) is 10.4. The third-order valence-corrected chi connectivity index (χ3v) is 6.18. The number of aryl methyl sites for hydroxylation is 1. The minimum absolute atomic E-state index is 0.00908. The first-order chi connectivity index (χ1) is 13.7. The number of fused-ring (bicyclic) bond motifs is 2. The Morgan fingerprint density at radius 3 is 2.68 bits per heavy atom. The van der Waals surface area contributed by atoms with Crippen molar-refractivity contribution in [3.8, 4) is 10.6 Å². The fourth-order valence-corrected chi connectivity index (χ4v) is 4.65. The van der Waals surface area contributed by atoms with E-state index in [1.54, 1.807) is 12.4 Å². The van der Waals surface area contributed by atoms with Crippen molar-refractivity contribution in [3.63, 3.8) is 0 Å². The summed E-state index contributed by atoms with van der Waals surface area (Å²) in [6, 6.07) is 10.7. The maximum absolute atomic E-state index is 13.2. The average molecular weight is 388 g/mol. The molecule has 140 valence electrons. The molecule has 0 radical (unpaired) electrons. The number of thiazole rings is 1. The average Bonchev–Trinajstić information content (AvgIpc) is 3.38. The zero-order valence-corrected chi connectivity index (χ0v) is 16.4. The van der Waals surface area contributed by atoms with Crippen molar-refractivity contribution in [1.82, 2.24) is 14.5 Å². The van der Waals surface area contributed by atoms with Gasteiger partial charge in [0, 0.05) is 30.4 Å². The van der Waals surface area contributed by atoms with E-state index in [4.69, 9.17) is 0 Å². The molecule has 4 aromatic rings. The third-order valence-electron chi connectivity index (χ3n) is 5.37. The molecule has 0 saturated heterocycles. The standard InChI is InChI=1S/C22H20N4OS/c1-2-26-13-18(22-23-7-8-28-22)21(27)17-11-20(24-12-19(17)26)25-16-9-14-5-3-4-6-15(14)10-16/h3-8,11-13,16H,2,9-10H2,1H3,(H,24,25). The normalized spacial score (nSPS) is 13.8. The molecule has 0 saturated carbocycles. The van der Waals surface area contributed by atoms with Crippen LogP contribution < -0.4 is 10.7 Å². The smallest absolute Gasteiger partial charge is 0.199 e. The predicted octanol–water partition coefficient (Wildman–Crippen LogP) is 4.12. The molecule has 1 aliphatic carbocycles. The van der Waals surface area contributed by atoms with Gasteiger partial charge in [0.1, 0.15) is 10.8 Å². The maximum Gasteiger partial charge on any atom is 0.199 e. The fraction of sp³-hybridized carbons (Fsp3) is 0.227. The number of aromatic nitrogens is 3. The van der Waals surface area contributed by atoms with Crippen molar-refractivity contribution >= 4 is 28.1 Å². The molecule has 0 fully saturated rings. The molecule has 6 heteroatoms. The van der Waals surface area contributed by atoms with Crippen LogP contribution in [0.4, 0.5) is 5.82 Å². The third kappa shape index (κ3) is 2.90. The summed E-state index contributed by atoms with van der Waals surface area (Å²) in [7, 11) is 0. The van der Waals surface area contributed by atoms with E-state index in [-0.39, 0.29) is 5.43 Å². The van der Waals surface area contributed by atoms with Crippen molar-refractivity contribution in [3.05, 3.63) is 75.7 Å². The second-order valence-electron chi connectivity index (χ2n) is 7.10. The number of benzene rings is 1. The Kier molecular flexibility index (Phi) is 4.20. The number of pyridine rings is 2. The molecule has 0 spiro atoms. The fourth-order valence-electron chi connectivity index (χ4n) is 4.01. The summed E-state index contributed by atoms with van der Waals surface area (Å²) < 4.78 is 2.07. The summed E-state index contributed by atoms with van der Waals surface area (Å²) >= 11 is 1.49. The van der Waals surface area contributed by atoms with Gasteiger partial charge in [0.15, 0.2) is 5.43 Å². The maximum atomic E-state index is 13.2. The minimum atomic E-state index is 0.00908. The van der Waals surface area contributed by atoms with E-state index in [0.29, 0.717) is 17.0 Å². The van der Waals surface area contributed by atoms with Crippen LogP contribution in [-0.2, 0) is 19.4 Å². The van der Waals surface area contributed by atoms with Crippen molar-refractivity contribution < 1.29 is 0 Å². The monoisotopic (exact) mass is 388 g/mol. The molecule has 0 bridgehead atoms. The lowest BCUT2D eigenvalue weighted by Crippen LogP contribution is -2.21. The van der Waals surface area contributed by atoms with Gasteiger partial charge in [-0.05, 0) is 37.0 Å². The number of nitrogens with zero attached hydrogens (tertiary/aromatic N) is 3. The Hall–Kier alpha value is -2.99. The summed E-state index contributed by atoms with van der Waals surface area (Å²) in [5, 5.41) is 6.86. The van der Waals surface area contributed by atoms with Gasteiger partial charge >= 0.3 is 0 Å². The quantitative estimate of drug-likeness (QED) is 0.571. The molecular weight excluding hydrogens is 368 g/mol. The van der Waals surface area contributed by atoms with E-state index < -0.39 is 0 Å². The van der Waals surface area contributed by atoms with Crippen LogP contribution in [0.2, 0.25) is 0 Å². The Labute approximate surface area is 166 Å². The van der Waals surface area contributed by atoms with Gasteiger partial charge in [-0.25, -0.2) is 9.97 Å². The van der Waals surface area contributed by atoms with E-state index in [9.17, 15) is 4.79 Å². The van der Waals surface area contributed by atoms with Gasteiger partial charge in [-0.1, -0.05) is 24.3 Å². The molecule has 0 atom stereocenters. The van der Waals surface area contributed by atoms with E-state index in [1.165, 1.54) is 22.5 Å². The molecule has 28 heavy (non-hydrogen) atoms. The largest absolute Gasteiger partial charge is 0.367 e. The molecule has 3 aromatic heterocycles.